The smallest absolute Gasteiger partial charge is 0.261 e. The maximum atomic E-state index is 6.01. The lowest BCUT2D eigenvalue weighted by molar-refractivity contribution is 0.397. The van der Waals surface area contributed by atoms with Crippen LogP contribution in [-0.4, -0.2) is 35.2 Å². The van der Waals surface area contributed by atoms with Crippen LogP contribution in [0.3, 0.4) is 0 Å². The molecule has 1 saturated carbocycles. The van der Waals surface area contributed by atoms with Gasteiger partial charge in [0.25, 0.3) is 5.79 Å². The van der Waals surface area contributed by atoms with Crippen LogP contribution in [0.5, 0.6) is 11.5 Å². The fourth-order valence-electron chi connectivity index (χ4n) is 9.25. The first-order valence-corrected chi connectivity index (χ1v) is 19.8. The van der Waals surface area contributed by atoms with Crippen LogP contribution in [-0.2, 0) is 18.6 Å². The van der Waals surface area contributed by atoms with Gasteiger partial charge < -0.3 is 9.47 Å². The molecule has 1 aromatic heterocycles. The van der Waals surface area contributed by atoms with E-state index in [4.69, 9.17) is 24.4 Å². The number of methoxy groups -OCH3 is 2. The predicted molar refractivity (Wildman–Crippen MR) is 226 cm³/mol. The van der Waals surface area contributed by atoms with Gasteiger partial charge in [-0.25, -0.2) is 15.0 Å². The predicted octanol–water partition coefficient (Wildman–Crippen LogP) is 10.9. The molecule has 3 aliphatic heterocycles. The van der Waals surface area contributed by atoms with Gasteiger partial charge in [-0.15, -0.1) is 0 Å². The number of allylic oxidation sites excluding steroid dienone is 4. The molecule has 6 aromatic rings. The lowest BCUT2D eigenvalue weighted by Gasteiger charge is -2.32. The summed E-state index contributed by atoms with van der Waals surface area (Å²) < 4.78 is 13.6. The normalized spacial score (nSPS) is 18.8. The highest BCUT2D eigenvalue weighted by Gasteiger charge is 2.53. The largest absolute Gasteiger partial charge is 0.497 e. The first kappa shape index (κ1) is 34.2. The fourth-order valence-corrected chi connectivity index (χ4v) is 9.25. The Kier molecular flexibility index (Phi) is 8.07. The number of hydrogen-bond acceptors (Lipinski definition) is 5. The zero-order chi connectivity index (χ0) is 38.0. The van der Waals surface area contributed by atoms with Crippen LogP contribution in [0.4, 0.5) is 0 Å². The van der Waals surface area contributed by atoms with Gasteiger partial charge in [0.2, 0.25) is 0 Å². The highest BCUT2D eigenvalue weighted by Crippen LogP contribution is 2.63. The summed E-state index contributed by atoms with van der Waals surface area (Å²) in [6, 6.07) is 44.8. The number of aliphatic imine (C=N–C) groups is 2. The van der Waals surface area contributed by atoms with Crippen molar-refractivity contribution in [3.05, 3.63) is 178 Å². The number of rotatable bonds is 8. The molecule has 11 rings (SSSR count). The summed E-state index contributed by atoms with van der Waals surface area (Å²) in [7, 11) is 3.40. The molecule has 5 aliphatic rings. The van der Waals surface area contributed by atoms with Gasteiger partial charge in [0, 0.05) is 38.8 Å². The third kappa shape index (κ3) is 5.34. The lowest BCUT2D eigenvalue weighted by atomic mass is 9.82. The number of hydrogen-bond donors (Lipinski definition) is 0. The van der Waals surface area contributed by atoms with E-state index in [2.05, 4.69) is 128 Å². The van der Waals surface area contributed by atoms with Crippen molar-refractivity contribution in [3.63, 3.8) is 0 Å². The minimum atomic E-state index is -1.25. The van der Waals surface area contributed by atoms with E-state index in [9.17, 15) is 0 Å². The Morgan fingerprint density at radius 2 is 1.23 bits per heavy atom. The van der Waals surface area contributed by atoms with Gasteiger partial charge in [-0.3, -0.25) is 4.57 Å². The summed E-state index contributed by atoms with van der Waals surface area (Å²) >= 11 is 0. The minimum Gasteiger partial charge on any atom is -0.497 e. The Labute approximate surface area is 328 Å². The van der Waals surface area contributed by atoms with Crippen LogP contribution in [0.15, 0.2) is 155 Å². The van der Waals surface area contributed by atoms with Gasteiger partial charge in [0.05, 0.1) is 37.0 Å². The average Bonchev–Trinajstić information content (AvgIpc) is 3.58. The highest BCUT2D eigenvalue weighted by atomic mass is 16.5. The van der Waals surface area contributed by atoms with Gasteiger partial charge >= 0.3 is 0 Å². The van der Waals surface area contributed by atoms with E-state index in [1.54, 1.807) is 14.2 Å². The number of aromatic nitrogens is 2. The van der Waals surface area contributed by atoms with Gasteiger partial charge in [0.1, 0.15) is 17.3 Å². The number of imidazole rings is 1. The molecule has 5 aromatic carbocycles. The first-order chi connectivity index (χ1) is 27.5. The summed E-state index contributed by atoms with van der Waals surface area (Å²) in [4.78, 5) is 17.8. The van der Waals surface area contributed by atoms with Crippen molar-refractivity contribution in [2.45, 2.75) is 51.7 Å². The summed E-state index contributed by atoms with van der Waals surface area (Å²) in [6.07, 6.45) is 7.40. The van der Waals surface area contributed by atoms with Crippen molar-refractivity contribution >= 4 is 17.0 Å². The number of ether oxygens (including phenoxy) is 2. The summed E-state index contributed by atoms with van der Waals surface area (Å²) in [5.74, 6) is 1.23. The second-order valence-electron chi connectivity index (χ2n) is 15.4. The van der Waals surface area contributed by atoms with E-state index < -0.39 is 5.79 Å². The first-order valence-electron chi connectivity index (χ1n) is 19.8. The van der Waals surface area contributed by atoms with Gasteiger partial charge in [-0.2, -0.15) is 0 Å². The fraction of sp³-hybridized carbons (Fsp3) is 0.220. The average molecular weight is 733 g/mol. The van der Waals surface area contributed by atoms with E-state index in [0.29, 0.717) is 0 Å². The van der Waals surface area contributed by atoms with Crippen LogP contribution < -0.4 is 9.47 Å². The molecule has 6 nitrogen and oxygen atoms in total. The van der Waals surface area contributed by atoms with E-state index in [-0.39, 0.29) is 5.41 Å². The van der Waals surface area contributed by atoms with Crippen LogP contribution >= 0.6 is 0 Å². The zero-order valence-electron chi connectivity index (χ0n) is 32.3. The van der Waals surface area contributed by atoms with E-state index in [1.807, 2.05) is 24.3 Å². The molecule has 56 heavy (non-hydrogen) atoms. The molecular formula is C50H44N4O2. The quantitative estimate of drug-likeness (QED) is 0.157. The molecule has 2 aliphatic carbocycles. The van der Waals surface area contributed by atoms with Crippen molar-refractivity contribution in [2.75, 3.05) is 14.2 Å². The van der Waals surface area contributed by atoms with Crippen LogP contribution in [0.2, 0.25) is 0 Å². The molecular weight excluding hydrogens is 689 g/mol. The Morgan fingerprint density at radius 3 is 1.80 bits per heavy atom. The number of nitrogens with zero attached hydrogens (tertiary/aromatic N) is 4. The van der Waals surface area contributed by atoms with E-state index >= 15 is 0 Å². The van der Waals surface area contributed by atoms with E-state index in [0.717, 1.165) is 100 Å². The van der Waals surface area contributed by atoms with E-state index in [1.165, 1.54) is 27.8 Å². The van der Waals surface area contributed by atoms with Gasteiger partial charge in [-0.1, -0.05) is 104 Å². The van der Waals surface area contributed by atoms with Crippen LogP contribution in [0, 0.1) is 5.41 Å². The van der Waals surface area contributed by atoms with Gasteiger partial charge in [0.15, 0.2) is 0 Å². The minimum absolute atomic E-state index is 0.157. The number of fused-ring (bicyclic) bond motifs is 1. The monoisotopic (exact) mass is 732 g/mol. The Hall–Kier alpha value is -6.27. The van der Waals surface area contributed by atoms with Crippen molar-refractivity contribution < 1.29 is 9.47 Å². The second kappa shape index (κ2) is 13.2. The number of aryl methyl sites for hydroxylation is 1. The van der Waals surface area contributed by atoms with Gasteiger partial charge in [-0.05, 0) is 97.8 Å². The van der Waals surface area contributed by atoms with Crippen molar-refractivity contribution in [2.24, 2.45) is 15.4 Å². The molecule has 1 fully saturated rings. The third-order valence-corrected chi connectivity index (χ3v) is 12.2. The molecule has 0 saturated heterocycles. The molecule has 0 amide bonds. The molecule has 4 bridgehead atoms. The maximum Gasteiger partial charge on any atom is 0.261 e. The lowest BCUT2D eigenvalue weighted by Crippen LogP contribution is -2.33. The molecule has 4 heterocycles. The molecule has 2 spiro atoms. The SMILES string of the molecule is CCC1=C2C=C3CC3(C1)Cc1ccc(CC)c(c1)C1(N=C(c3ccc(OC)cc3)C(c3ccc(OC)cc3)=N1)n1c2nc(-c2ccccc2)c1-c1ccccc1. The number of benzene rings is 5. The molecule has 6 heteroatoms. The molecule has 1 atom stereocenters. The standard InChI is InChI=1S/C50H44N4O2/c1-5-33-18-17-32-27-43(33)50(52-44(36-19-23-40(55-3)24-20-36)45(53-50)37-21-25-41(56-4)26-22-37)54-47(38-15-11-8-12-16-38)46(35-13-9-7-10-14-35)51-48(54)42-28-39-31-49(39,29-32)30-34(42)6-2/h7-28H,5-6,29-31H2,1-4H3. The highest BCUT2D eigenvalue weighted by molar-refractivity contribution is 6.54. The molecule has 1 unspecified atom stereocenters. The maximum absolute atomic E-state index is 6.01. The van der Waals surface area contributed by atoms with Crippen molar-refractivity contribution in [1.29, 1.82) is 0 Å². The molecule has 276 valence electrons. The Balaban J connectivity index is 1.40. The summed E-state index contributed by atoms with van der Waals surface area (Å²) in [5, 5.41) is 0. The second-order valence-corrected chi connectivity index (χ2v) is 15.4. The van der Waals surface area contributed by atoms with Crippen LogP contribution in [0.1, 0.15) is 66.8 Å². The topological polar surface area (TPSA) is 61.0 Å². The Bertz CT molecular complexity index is 2570. The van der Waals surface area contributed by atoms with Crippen LogP contribution in [0.25, 0.3) is 28.1 Å². The molecule has 0 radical (unpaired) electrons. The Morgan fingerprint density at radius 1 is 0.625 bits per heavy atom. The van der Waals surface area contributed by atoms with Crippen molar-refractivity contribution in [3.8, 4) is 34.0 Å². The zero-order valence-corrected chi connectivity index (χ0v) is 32.3. The molecule has 0 N–H and O–H groups in total. The summed E-state index contributed by atoms with van der Waals surface area (Å²) in [6.45, 7) is 4.54. The summed E-state index contributed by atoms with van der Waals surface area (Å²) in [5.41, 5.74) is 15.5. The van der Waals surface area contributed by atoms with Crippen molar-refractivity contribution in [1.82, 2.24) is 9.55 Å². The third-order valence-electron chi connectivity index (χ3n) is 12.2.